The molecule has 1 aliphatic heterocycles. The van der Waals surface area contributed by atoms with Crippen LogP contribution in [0, 0.1) is 5.92 Å². The zero-order chi connectivity index (χ0) is 17.3. The number of hydrogen-bond donors (Lipinski definition) is 1. The minimum Gasteiger partial charge on any atom is -0.352 e. The molecule has 1 amide bonds. The van der Waals surface area contributed by atoms with E-state index >= 15 is 0 Å². The van der Waals surface area contributed by atoms with Crippen LogP contribution in [0.4, 0.5) is 0 Å². The molecule has 0 radical (unpaired) electrons. The monoisotopic (exact) mass is 434 g/mol. The molecule has 0 aromatic heterocycles. The van der Waals surface area contributed by atoms with Crippen LogP contribution in [0.15, 0.2) is 22.7 Å². The molecule has 1 aromatic carbocycles. The summed E-state index contributed by atoms with van der Waals surface area (Å²) in [7, 11) is -3.07. The van der Waals surface area contributed by atoms with Gasteiger partial charge in [0.2, 0.25) is 10.0 Å². The minimum atomic E-state index is -3.07. The van der Waals surface area contributed by atoms with Crippen LogP contribution in [-0.2, 0) is 10.0 Å². The predicted octanol–water partition coefficient (Wildman–Crippen LogP) is 3.04. The third-order valence-corrected chi connectivity index (χ3v) is 7.82. The molecule has 2 aliphatic rings. The first-order valence-corrected chi connectivity index (χ1v) is 10.8. The van der Waals surface area contributed by atoms with Gasteiger partial charge in [0, 0.05) is 24.1 Å². The molecule has 0 spiro atoms. The summed E-state index contributed by atoms with van der Waals surface area (Å²) in [4.78, 5) is 12.3. The van der Waals surface area contributed by atoms with Crippen molar-refractivity contribution in [3.8, 4) is 0 Å². The normalized spacial score (nSPS) is 20.1. The third kappa shape index (κ3) is 4.12. The van der Waals surface area contributed by atoms with Crippen molar-refractivity contribution in [2.75, 3.05) is 19.6 Å². The van der Waals surface area contributed by atoms with Crippen molar-refractivity contribution in [3.63, 3.8) is 0 Å². The Morgan fingerprint density at radius 2 is 1.92 bits per heavy atom. The Balaban J connectivity index is 1.50. The van der Waals surface area contributed by atoms with E-state index in [2.05, 4.69) is 21.2 Å². The molecule has 5 nitrogen and oxygen atoms in total. The zero-order valence-corrected chi connectivity index (χ0v) is 16.3. The molecule has 1 aromatic rings. The Morgan fingerprint density at radius 1 is 1.25 bits per heavy atom. The Hall–Kier alpha value is -0.630. The molecule has 1 aliphatic carbocycles. The number of rotatable bonds is 5. The molecule has 132 valence electrons. The van der Waals surface area contributed by atoms with Crippen LogP contribution in [0.2, 0.25) is 5.02 Å². The number of nitrogens with zero attached hydrogens (tertiary/aromatic N) is 1. The number of halogens is 2. The SMILES string of the molecule is O=C(NCC1CCN(S(=O)(=O)C2CC2)CC1)c1cc(Br)ccc1Cl. The van der Waals surface area contributed by atoms with E-state index in [0.29, 0.717) is 36.1 Å². The van der Waals surface area contributed by atoms with Crippen molar-refractivity contribution in [2.24, 2.45) is 5.92 Å². The average Bonchev–Trinajstić information content (AvgIpc) is 3.40. The van der Waals surface area contributed by atoms with Gasteiger partial charge in [0.15, 0.2) is 0 Å². The summed E-state index contributed by atoms with van der Waals surface area (Å²) in [5, 5.41) is 3.18. The first kappa shape index (κ1) is 18.2. The largest absolute Gasteiger partial charge is 0.352 e. The van der Waals surface area contributed by atoms with Crippen LogP contribution in [0.3, 0.4) is 0 Å². The quantitative estimate of drug-likeness (QED) is 0.773. The molecule has 0 bridgehead atoms. The molecule has 1 heterocycles. The number of hydrogen-bond acceptors (Lipinski definition) is 3. The highest BCUT2D eigenvalue weighted by molar-refractivity contribution is 9.10. The Kier molecular flexibility index (Phi) is 5.54. The maximum Gasteiger partial charge on any atom is 0.252 e. The van der Waals surface area contributed by atoms with Gasteiger partial charge < -0.3 is 5.32 Å². The van der Waals surface area contributed by atoms with E-state index in [1.807, 2.05) is 0 Å². The molecule has 0 atom stereocenters. The van der Waals surface area contributed by atoms with Gasteiger partial charge in [-0.3, -0.25) is 4.79 Å². The summed E-state index contributed by atoms with van der Waals surface area (Å²) in [6.45, 7) is 1.65. The summed E-state index contributed by atoms with van der Waals surface area (Å²) >= 11 is 9.40. The topological polar surface area (TPSA) is 66.5 Å². The highest BCUT2D eigenvalue weighted by Crippen LogP contribution is 2.33. The van der Waals surface area contributed by atoms with Gasteiger partial charge in [-0.2, -0.15) is 0 Å². The summed E-state index contributed by atoms with van der Waals surface area (Å²) < 4.78 is 26.8. The van der Waals surface area contributed by atoms with Crippen molar-refractivity contribution >= 4 is 43.5 Å². The van der Waals surface area contributed by atoms with E-state index in [9.17, 15) is 13.2 Å². The van der Waals surface area contributed by atoms with Crippen LogP contribution in [0.5, 0.6) is 0 Å². The second kappa shape index (κ2) is 7.32. The minimum absolute atomic E-state index is 0.146. The van der Waals surface area contributed by atoms with E-state index < -0.39 is 10.0 Å². The van der Waals surface area contributed by atoms with Gasteiger partial charge in [0.1, 0.15) is 0 Å². The molecule has 24 heavy (non-hydrogen) atoms. The van der Waals surface area contributed by atoms with Gasteiger partial charge in [-0.1, -0.05) is 27.5 Å². The van der Waals surface area contributed by atoms with Crippen LogP contribution < -0.4 is 5.32 Å². The lowest BCUT2D eigenvalue weighted by Crippen LogP contribution is -2.42. The van der Waals surface area contributed by atoms with Gasteiger partial charge in [0.05, 0.1) is 15.8 Å². The van der Waals surface area contributed by atoms with Gasteiger partial charge in [-0.25, -0.2) is 12.7 Å². The lowest BCUT2D eigenvalue weighted by Gasteiger charge is -2.31. The second-order valence-corrected chi connectivity index (χ2v) is 9.96. The number of carbonyl (C=O) groups excluding carboxylic acids is 1. The zero-order valence-electron chi connectivity index (χ0n) is 13.2. The fraction of sp³-hybridized carbons (Fsp3) is 0.562. The predicted molar refractivity (Wildman–Crippen MR) is 97.7 cm³/mol. The lowest BCUT2D eigenvalue weighted by atomic mass is 9.98. The highest BCUT2D eigenvalue weighted by atomic mass is 79.9. The summed E-state index contributed by atoms with van der Waals surface area (Å²) in [5.41, 5.74) is 0.444. The maximum absolute atomic E-state index is 12.3. The van der Waals surface area contributed by atoms with Crippen molar-refractivity contribution in [2.45, 2.75) is 30.9 Å². The standard InChI is InChI=1S/C16H20BrClN2O3S/c17-12-1-4-15(18)14(9-12)16(21)19-10-11-5-7-20(8-6-11)24(22,23)13-2-3-13/h1,4,9,11,13H,2-3,5-8,10H2,(H,19,21). The fourth-order valence-electron chi connectivity index (χ4n) is 2.95. The smallest absolute Gasteiger partial charge is 0.252 e. The van der Waals surface area contributed by atoms with Gasteiger partial charge >= 0.3 is 0 Å². The summed E-state index contributed by atoms with van der Waals surface area (Å²) in [6, 6.07) is 5.17. The van der Waals surface area contributed by atoms with Crippen LogP contribution in [-0.4, -0.2) is 43.5 Å². The van der Waals surface area contributed by atoms with E-state index in [-0.39, 0.29) is 11.2 Å². The van der Waals surface area contributed by atoms with Crippen molar-refractivity contribution in [1.82, 2.24) is 9.62 Å². The number of carbonyl (C=O) groups is 1. The molecular weight excluding hydrogens is 416 g/mol. The van der Waals surface area contributed by atoms with E-state index in [1.165, 1.54) is 0 Å². The maximum atomic E-state index is 12.3. The van der Waals surface area contributed by atoms with E-state index in [1.54, 1.807) is 22.5 Å². The molecule has 0 unspecified atom stereocenters. The molecular formula is C16H20BrClN2O3S. The van der Waals surface area contributed by atoms with Gasteiger partial charge in [-0.15, -0.1) is 0 Å². The molecule has 1 saturated heterocycles. The van der Waals surface area contributed by atoms with Gasteiger partial charge in [0.25, 0.3) is 5.91 Å². The second-order valence-electron chi connectivity index (χ2n) is 6.42. The van der Waals surface area contributed by atoms with Gasteiger partial charge in [-0.05, 0) is 49.8 Å². The first-order valence-electron chi connectivity index (χ1n) is 8.10. The Labute approximate surface area is 155 Å². The Morgan fingerprint density at radius 3 is 2.54 bits per heavy atom. The molecule has 3 rings (SSSR count). The van der Waals surface area contributed by atoms with Crippen LogP contribution in [0.1, 0.15) is 36.0 Å². The number of amides is 1. The van der Waals surface area contributed by atoms with Crippen LogP contribution >= 0.6 is 27.5 Å². The highest BCUT2D eigenvalue weighted by Gasteiger charge is 2.41. The number of sulfonamides is 1. The summed E-state index contributed by atoms with van der Waals surface area (Å²) in [6.07, 6.45) is 3.15. The Bertz CT molecular complexity index is 729. The number of nitrogens with one attached hydrogen (secondary N) is 1. The average molecular weight is 436 g/mol. The van der Waals surface area contributed by atoms with Crippen LogP contribution in [0.25, 0.3) is 0 Å². The number of benzene rings is 1. The van der Waals surface area contributed by atoms with Crippen molar-refractivity contribution in [3.05, 3.63) is 33.3 Å². The van der Waals surface area contributed by atoms with Crippen molar-refractivity contribution in [1.29, 1.82) is 0 Å². The van der Waals surface area contributed by atoms with E-state index in [0.717, 1.165) is 30.2 Å². The van der Waals surface area contributed by atoms with Crippen molar-refractivity contribution < 1.29 is 13.2 Å². The molecule has 2 fully saturated rings. The van der Waals surface area contributed by atoms with E-state index in [4.69, 9.17) is 11.6 Å². The third-order valence-electron chi connectivity index (χ3n) is 4.60. The molecule has 1 saturated carbocycles. The molecule has 1 N–H and O–H groups in total. The lowest BCUT2D eigenvalue weighted by molar-refractivity contribution is 0.0941. The first-order chi connectivity index (χ1) is 11.4. The summed E-state index contributed by atoms with van der Waals surface area (Å²) in [5.74, 6) is 0.0971. The molecule has 8 heteroatoms. The number of piperidine rings is 1. The fourth-order valence-corrected chi connectivity index (χ4v) is 5.39.